The summed E-state index contributed by atoms with van der Waals surface area (Å²) in [4.78, 5) is 12.9. The summed E-state index contributed by atoms with van der Waals surface area (Å²) in [7, 11) is 1.61. The van der Waals surface area contributed by atoms with Crippen LogP contribution in [0.3, 0.4) is 0 Å². The summed E-state index contributed by atoms with van der Waals surface area (Å²) in [6.07, 6.45) is -0.501. The molecule has 86 valence electrons. The summed E-state index contributed by atoms with van der Waals surface area (Å²) < 4.78 is 24.9. The molecule has 3 nitrogen and oxygen atoms in total. The molecule has 0 saturated heterocycles. The molecule has 0 aromatic rings. The predicted molar refractivity (Wildman–Crippen MR) is 53.9 cm³/mol. The zero-order valence-corrected chi connectivity index (χ0v) is 9.02. The standard InChI is InChI=1S/C10H16F2N2O/c1-7(2)6-14(3)9(15)13-8-4-10(11,12)5-8/h8H,1,4-6H2,2-3H3,(H,13,15). The van der Waals surface area contributed by atoms with Gasteiger partial charge < -0.3 is 10.2 Å². The Kier molecular flexibility index (Phi) is 3.31. The van der Waals surface area contributed by atoms with E-state index in [0.29, 0.717) is 6.54 Å². The Morgan fingerprint density at radius 3 is 2.53 bits per heavy atom. The highest BCUT2D eigenvalue weighted by Gasteiger charge is 2.46. The number of hydrogen-bond acceptors (Lipinski definition) is 1. The summed E-state index contributed by atoms with van der Waals surface area (Å²) >= 11 is 0. The van der Waals surface area contributed by atoms with Gasteiger partial charge in [-0.2, -0.15) is 0 Å². The van der Waals surface area contributed by atoms with Gasteiger partial charge in [-0.3, -0.25) is 0 Å². The van der Waals surface area contributed by atoms with Crippen LogP contribution in [0.5, 0.6) is 0 Å². The first-order valence-electron chi connectivity index (χ1n) is 4.84. The normalized spacial score (nSPS) is 19.2. The van der Waals surface area contributed by atoms with Gasteiger partial charge in [0.25, 0.3) is 5.92 Å². The highest BCUT2D eigenvalue weighted by atomic mass is 19.3. The van der Waals surface area contributed by atoms with Crippen molar-refractivity contribution in [3.05, 3.63) is 12.2 Å². The molecule has 0 bridgehead atoms. The zero-order valence-electron chi connectivity index (χ0n) is 9.02. The Bertz CT molecular complexity index is 271. The molecule has 5 heteroatoms. The van der Waals surface area contributed by atoms with Gasteiger partial charge in [0.2, 0.25) is 0 Å². The average molecular weight is 218 g/mol. The highest BCUT2D eigenvalue weighted by Crippen LogP contribution is 2.37. The van der Waals surface area contributed by atoms with Crippen LogP contribution in [-0.2, 0) is 0 Å². The van der Waals surface area contributed by atoms with Crippen LogP contribution in [0, 0.1) is 0 Å². The van der Waals surface area contributed by atoms with Gasteiger partial charge in [-0.25, -0.2) is 13.6 Å². The third kappa shape index (κ3) is 3.49. The van der Waals surface area contributed by atoms with Gasteiger partial charge in [-0.05, 0) is 6.92 Å². The van der Waals surface area contributed by atoms with Gasteiger partial charge in [0.1, 0.15) is 0 Å². The number of nitrogens with one attached hydrogen (secondary N) is 1. The van der Waals surface area contributed by atoms with Crippen molar-refractivity contribution >= 4 is 6.03 Å². The first-order chi connectivity index (χ1) is 6.80. The number of nitrogens with zero attached hydrogens (tertiary/aromatic N) is 1. The van der Waals surface area contributed by atoms with E-state index in [-0.39, 0.29) is 24.9 Å². The number of urea groups is 1. The van der Waals surface area contributed by atoms with Crippen LogP contribution >= 0.6 is 0 Å². The zero-order chi connectivity index (χ0) is 11.6. The van der Waals surface area contributed by atoms with E-state index in [9.17, 15) is 13.6 Å². The van der Waals surface area contributed by atoms with Crippen molar-refractivity contribution in [1.29, 1.82) is 0 Å². The lowest BCUT2D eigenvalue weighted by Crippen LogP contribution is -2.53. The maximum Gasteiger partial charge on any atom is 0.317 e. The Balaban J connectivity index is 2.28. The van der Waals surface area contributed by atoms with Crippen LogP contribution < -0.4 is 5.32 Å². The number of amides is 2. The van der Waals surface area contributed by atoms with Crippen molar-refractivity contribution in [2.75, 3.05) is 13.6 Å². The first-order valence-corrected chi connectivity index (χ1v) is 4.84. The number of hydrogen-bond donors (Lipinski definition) is 1. The fraction of sp³-hybridized carbons (Fsp3) is 0.700. The van der Waals surface area contributed by atoms with E-state index in [1.807, 2.05) is 0 Å². The van der Waals surface area contributed by atoms with E-state index < -0.39 is 5.92 Å². The van der Waals surface area contributed by atoms with E-state index in [2.05, 4.69) is 11.9 Å². The van der Waals surface area contributed by atoms with Crippen LogP contribution in [0.15, 0.2) is 12.2 Å². The molecule has 0 aliphatic heterocycles. The Labute approximate surface area is 88.1 Å². The quantitative estimate of drug-likeness (QED) is 0.722. The lowest BCUT2D eigenvalue weighted by atomic mass is 9.88. The molecule has 2 amide bonds. The Hall–Kier alpha value is -1.13. The van der Waals surface area contributed by atoms with Crippen LogP contribution in [-0.4, -0.2) is 36.5 Å². The van der Waals surface area contributed by atoms with E-state index in [4.69, 9.17) is 0 Å². The van der Waals surface area contributed by atoms with Crippen LogP contribution in [0.2, 0.25) is 0 Å². The van der Waals surface area contributed by atoms with E-state index in [1.54, 1.807) is 14.0 Å². The molecule has 0 radical (unpaired) electrons. The number of carbonyl (C=O) groups is 1. The molecule has 1 rings (SSSR count). The summed E-state index contributed by atoms with van der Waals surface area (Å²) in [6, 6.07) is -0.710. The van der Waals surface area contributed by atoms with Crippen LogP contribution in [0.4, 0.5) is 13.6 Å². The van der Waals surface area contributed by atoms with E-state index in [0.717, 1.165) is 5.57 Å². The average Bonchev–Trinajstić information content (AvgIpc) is 1.99. The monoisotopic (exact) mass is 218 g/mol. The third-order valence-electron chi connectivity index (χ3n) is 2.27. The van der Waals surface area contributed by atoms with Crippen LogP contribution in [0.1, 0.15) is 19.8 Å². The maximum absolute atomic E-state index is 12.5. The minimum atomic E-state index is -2.59. The fourth-order valence-corrected chi connectivity index (χ4v) is 1.52. The first kappa shape index (κ1) is 11.9. The topological polar surface area (TPSA) is 32.3 Å². The lowest BCUT2D eigenvalue weighted by Gasteiger charge is -2.36. The molecule has 0 aromatic carbocycles. The minimum absolute atomic E-state index is 0.250. The number of rotatable bonds is 3. The second-order valence-corrected chi connectivity index (χ2v) is 4.22. The molecule has 1 saturated carbocycles. The molecule has 1 fully saturated rings. The summed E-state index contributed by atoms with van der Waals surface area (Å²) in [6.45, 7) is 5.92. The second kappa shape index (κ2) is 4.16. The number of carbonyl (C=O) groups excluding carboxylic acids is 1. The van der Waals surface area contributed by atoms with Crippen molar-refractivity contribution < 1.29 is 13.6 Å². The fourth-order valence-electron chi connectivity index (χ4n) is 1.52. The molecule has 0 aromatic heterocycles. The molecule has 0 unspecified atom stereocenters. The molecular formula is C10H16F2N2O. The third-order valence-corrected chi connectivity index (χ3v) is 2.27. The SMILES string of the molecule is C=C(C)CN(C)C(=O)NC1CC(F)(F)C1. The molecule has 15 heavy (non-hydrogen) atoms. The molecule has 0 spiro atoms. The van der Waals surface area contributed by atoms with Crippen molar-refractivity contribution in [1.82, 2.24) is 10.2 Å². The van der Waals surface area contributed by atoms with Gasteiger partial charge in [0, 0.05) is 32.5 Å². The van der Waals surface area contributed by atoms with E-state index in [1.165, 1.54) is 4.90 Å². The molecule has 0 heterocycles. The maximum atomic E-state index is 12.5. The summed E-state index contributed by atoms with van der Waals surface area (Å²) in [5.74, 6) is -2.59. The molecular weight excluding hydrogens is 202 g/mol. The van der Waals surface area contributed by atoms with Crippen molar-refractivity contribution in [3.63, 3.8) is 0 Å². The van der Waals surface area contributed by atoms with Crippen molar-refractivity contribution in [3.8, 4) is 0 Å². The smallest absolute Gasteiger partial charge is 0.317 e. The largest absolute Gasteiger partial charge is 0.335 e. The van der Waals surface area contributed by atoms with Gasteiger partial charge in [0.05, 0.1) is 0 Å². The van der Waals surface area contributed by atoms with Gasteiger partial charge in [-0.15, -0.1) is 0 Å². The van der Waals surface area contributed by atoms with Crippen molar-refractivity contribution in [2.45, 2.75) is 31.7 Å². The van der Waals surface area contributed by atoms with Gasteiger partial charge in [0.15, 0.2) is 0 Å². The Morgan fingerprint density at radius 1 is 1.60 bits per heavy atom. The predicted octanol–water partition coefficient (Wildman–Crippen LogP) is 2.00. The second-order valence-electron chi connectivity index (χ2n) is 4.22. The lowest BCUT2D eigenvalue weighted by molar-refractivity contribution is -0.0901. The van der Waals surface area contributed by atoms with Crippen molar-refractivity contribution in [2.24, 2.45) is 0 Å². The van der Waals surface area contributed by atoms with Gasteiger partial charge in [-0.1, -0.05) is 12.2 Å². The summed E-state index contributed by atoms with van der Waals surface area (Å²) in [5, 5.41) is 2.54. The number of alkyl halides is 2. The molecule has 0 atom stereocenters. The van der Waals surface area contributed by atoms with Crippen LogP contribution in [0.25, 0.3) is 0 Å². The van der Waals surface area contributed by atoms with Gasteiger partial charge >= 0.3 is 6.03 Å². The minimum Gasteiger partial charge on any atom is -0.335 e. The molecule has 1 aliphatic carbocycles. The number of likely N-dealkylation sites (N-methyl/N-ethyl adjacent to an activating group) is 1. The Morgan fingerprint density at radius 2 is 2.13 bits per heavy atom. The highest BCUT2D eigenvalue weighted by molar-refractivity contribution is 5.74. The summed E-state index contributed by atoms with van der Waals surface area (Å²) in [5.41, 5.74) is 0.853. The number of halogens is 2. The van der Waals surface area contributed by atoms with E-state index >= 15 is 0 Å². The molecule has 1 aliphatic rings. The molecule has 1 N–H and O–H groups in total.